The van der Waals surface area contributed by atoms with Crippen molar-refractivity contribution in [1.82, 2.24) is 10.2 Å². The van der Waals surface area contributed by atoms with Gasteiger partial charge in [-0.25, -0.2) is 8.42 Å². The lowest BCUT2D eigenvalue weighted by molar-refractivity contribution is 0.232. The number of rotatable bonds is 2. The van der Waals surface area contributed by atoms with Gasteiger partial charge in [-0.2, -0.15) is 0 Å². The molecule has 0 spiro atoms. The summed E-state index contributed by atoms with van der Waals surface area (Å²) in [4.78, 5) is 2.35. The van der Waals surface area contributed by atoms with Gasteiger partial charge in [0.2, 0.25) is 0 Å². The number of sulfone groups is 1. The van der Waals surface area contributed by atoms with E-state index >= 15 is 0 Å². The van der Waals surface area contributed by atoms with Crippen molar-refractivity contribution in [3.8, 4) is 0 Å². The Morgan fingerprint density at radius 3 is 2.76 bits per heavy atom. The fourth-order valence-electron chi connectivity index (χ4n) is 2.88. The molecule has 1 saturated carbocycles. The van der Waals surface area contributed by atoms with E-state index in [1.54, 1.807) is 0 Å². The van der Waals surface area contributed by atoms with Crippen LogP contribution in [0.3, 0.4) is 0 Å². The van der Waals surface area contributed by atoms with Gasteiger partial charge in [0.1, 0.15) is 0 Å². The Hall–Kier alpha value is -0.390. The molecule has 0 aromatic rings. The predicted molar refractivity (Wildman–Crippen MR) is 67.4 cm³/mol. The van der Waals surface area contributed by atoms with Crippen LogP contribution < -0.4 is 5.32 Å². The van der Waals surface area contributed by atoms with E-state index < -0.39 is 9.84 Å². The van der Waals surface area contributed by atoms with Gasteiger partial charge < -0.3 is 5.32 Å². The summed E-state index contributed by atoms with van der Waals surface area (Å²) in [5.41, 5.74) is 0. The maximum absolute atomic E-state index is 11.5. The van der Waals surface area contributed by atoms with Gasteiger partial charge in [0.25, 0.3) is 0 Å². The molecule has 0 amide bonds. The first-order chi connectivity index (χ1) is 8.14. The van der Waals surface area contributed by atoms with Crippen LogP contribution in [0.5, 0.6) is 0 Å². The first-order valence-corrected chi connectivity index (χ1v) is 8.24. The molecule has 2 heterocycles. The van der Waals surface area contributed by atoms with Crippen LogP contribution in [0.2, 0.25) is 0 Å². The third kappa shape index (κ3) is 2.72. The second-order valence-corrected chi connectivity index (χ2v) is 7.40. The highest BCUT2D eigenvalue weighted by atomic mass is 32.2. The normalized spacial score (nSPS) is 38.1. The Labute approximate surface area is 103 Å². The molecule has 4 nitrogen and oxygen atoms in total. The zero-order valence-electron chi connectivity index (χ0n) is 10.0. The summed E-state index contributed by atoms with van der Waals surface area (Å²) in [6, 6.07) is 0.690. The van der Waals surface area contributed by atoms with E-state index in [1.165, 1.54) is 18.2 Å². The van der Waals surface area contributed by atoms with Crippen molar-refractivity contribution in [3.63, 3.8) is 0 Å². The Balaban J connectivity index is 1.67. The van der Waals surface area contributed by atoms with Crippen LogP contribution in [-0.2, 0) is 9.84 Å². The van der Waals surface area contributed by atoms with Crippen LogP contribution in [0.4, 0.5) is 0 Å². The Morgan fingerprint density at radius 1 is 1.29 bits per heavy atom. The molecule has 1 saturated heterocycles. The maximum Gasteiger partial charge on any atom is 0.173 e. The summed E-state index contributed by atoms with van der Waals surface area (Å²) in [7, 11) is -2.92. The molecule has 96 valence electrons. The largest absolute Gasteiger partial charge is 0.312 e. The molecule has 3 aliphatic rings. The van der Waals surface area contributed by atoms with E-state index in [0.717, 1.165) is 32.0 Å². The molecule has 5 heteroatoms. The zero-order valence-corrected chi connectivity index (χ0v) is 10.8. The summed E-state index contributed by atoms with van der Waals surface area (Å²) in [5.74, 6) is 1.11. The number of hydrogen-bond acceptors (Lipinski definition) is 4. The minimum Gasteiger partial charge on any atom is -0.312 e. The number of nitrogens with zero attached hydrogens (tertiary/aromatic N) is 1. The molecular weight excluding hydrogens is 236 g/mol. The van der Waals surface area contributed by atoms with E-state index in [1.807, 2.05) is 6.08 Å². The second-order valence-electron chi connectivity index (χ2n) is 5.47. The predicted octanol–water partition coefficient (Wildman–Crippen LogP) is 0.371. The lowest BCUT2D eigenvalue weighted by Crippen LogP contribution is -2.44. The Kier molecular flexibility index (Phi) is 3.00. The number of nitrogens with one attached hydrogen (secondary N) is 1. The summed E-state index contributed by atoms with van der Waals surface area (Å²) in [6.45, 7) is 3.09. The molecule has 2 atom stereocenters. The van der Waals surface area contributed by atoms with Gasteiger partial charge in [-0.1, -0.05) is 6.08 Å². The maximum atomic E-state index is 11.5. The number of hydrogen-bond donors (Lipinski definition) is 1. The first kappa shape index (κ1) is 11.7. The highest BCUT2D eigenvalue weighted by Gasteiger charge is 2.36. The minimum absolute atomic E-state index is 0.112. The van der Waals surface area contributed by atoms with Gasteiger partial charge in [-0.3, -0.25) is 4.90 Å². The highest BCUT2D eigenvalue weighted by Crippen LogP contribution is 2.34. The summed E-state index contributed by atoms with van der Waals surface area (Å²) in [5, 5.41) is 4.99. The molecule has 0 aromatic heterocycles. The molecule has 0 radical (unpaired) electrons. The molecular formula is C12H20N2O2S. The SMILES string of the molecule is O=S1(=O)C=CC(N2CCCNC(C3CC3)C2)C1. The van der Waals surface area contributed by atoms with Gasteiger partial charge in [0, 0.05) is 30.6 Å². The van der Waals surface area contributed by atoms with Gasteiger partial charge >= 0.3 is 0 Å². The van der Waals surface area contributed by atoms with Crippen LogP contribution in [0, 0.1) is 5.92 Å². The summed E-state index contributed by atoms with van der Waals surface area (Å²) in [6.07, 6.45) is 5.66. The lowest BCUT2D eigenvalue weighted by atomic mass is 10.1. The fraction of sp³-hybridized carbons (Fsp3) is 0.833. The van der Waals surface area contributed by atoms with Crippen LogP contribution in [0.25, 0.3) is 0 Å². The van der Waals surface area contributed by atoms with Crippen molar-refractivity contribution in [2.24, 2.45) is 5.92 Å². The van der Waals surface area contributed by atoms with Crippen molar-refractivity contribution in [1.29, 1.82) is 0 Å². The monoisotopic (exact) mass is 256 g/mol. The van der Waals surface area contributed by atoms with E-state index in [-0.39, 0.29) is 11.8 Å². The quantitative estimate of drug-likeness (QED) is 0.775. The van der Waals surface area contributed by atoms with E-state index in [9.17, 15) is 8.42 Å². The van der Waals surface area contributed by atoms with Crippen LogP contribution in [-0.4, -0.2) is 50.8 Å². The average molecular weight is 256 g/mol. The molecule has 2 aliphatic heterocycles. The first-order valence-electron chi connectivity index (χ1n) is 6.52. The van der Waals surface area contributed by atoms with Gasteiger partial charge in [-0.05, 0) is 31.7 Å². The smallest absolute Gasteiger partial charge is 0.173 e. The van der Waals surface area contributed by atoms with E-state index in [0.29, 0.717) is 6.04 Å². The lowest BCUT2D eigenvalue weighted by Gasteiger charge is -2.28. The van der Waals surface area contributed by atoms with Gasteiger partial charge in [0.15, 0.2) is 9.84 Å². The Morgan fingerprint density at radius 2 is 2.12 bits per heavy atom. The van der Waals surface area contributed by atoms with Crippen LogP contribution in [0.15, 0.2) is 11.5 Å². The molecule has 2 fully saturated rings. The third-order valence-corrected chi connectivity index (χ3v) is 5.41. The van der Waals surface area contributed by atoms with Gasteiger partial charge in [0.05, 0.1) is 5.75 Å². The van der Waals surface area contributed by atoms with E-state index in [4.69, 9.17) is 0 Å². The Bertz CT molecular complexity index is 414. The molecule has 0 bridgehead atoms. The summed E-state index contributed by atoms with van der Waals surface area (Å²) >= 11 is 0. The van der Waals surface area contributed by atoms with Crippen LogP contribution >= 0.6 is 0 Å². The van der Waals surface area contributed by atoms with Crippen molar-refractivity contribution < 1.29 is 8.42 Å². The summed E-state index contributed by atoms with van der Waals surface area (Å²) < 4.78 is 22.9. The fourth-order valence-corrected chi connectivity index (χ4v) is 4.21. The molecule has 0 aromatic carbocycles. The molecule has 3 rings (SSSR count). The second kappa shape index (κ2) is 4.37. The van der Waals surface area contributed by atoms with Crippen molar-refractivity contribution >= 4 is 9.84 Å². The minimum atomic E-state index is -2.92. The standard InChI is InChI=1S/C12H20N2O2S/c15-17(16)7-4-11(9-17)14-6-1-5-13-12(8-14)10-2-3-10/h4,7,10-13H,1-3,5-6,8-9H2. The molecule has 1 aliphatic carbocycles. The van der Waals surface area contributed by atoms with Crippen LogP contribution in [0.1, 0.15) is 19.3 Å². The van der Waals surface area contributed by atoms with Crippen molar-refractivity contribution in [2.75, 3.05) is 25.4 Å². The van der Waals surface area contributed by atoms with Gasteiger partial charge in [-0.15, -0.1) is 0 Å². The van der Waals surface area contributed by atoms with Crippen molar-refractivity contribution in [3.05, 3.63) is 11.5 Å². The van der Waals surface area contributed by atoms with E-state index in [2.05, 4.69) is 10.2 Å². The topological polar surface area (TPSA) is 49.4 Å². The highest BCUT2D eigenvalue weighted by molar-refractivity contribution is 7.94. The zero-order chi connectivity index (χ0) is 11.9. The third-order valence-electron chi connectivity index (χ3n) is 4.03. The molecule has 2 unspecified atom stereocenters. The molecule has 1 N–H and O–H groups in total. The molecule has 17 heavy (non-hydrogen) atoms. The average Bonchev–Trinajstić information content (AvgIpc) is 3.06. The van der Waals surface area contributed by atoms with Crippen molar-refractivity contribution in [2.45, 2.75) is 31.3 Å².